The Kier molecular flexibility index (Phi) is 4.86. The van der Waals surface area contributed by atoms with Crippen LogP contribution in [0.25, 0.3) is 5.76 Å². The average Bonchev–Trinajstić information content (AvgIpc) is 3.31. The fourth-order valence-corrected chi connectivity index (χ4v) is 4.01. The second-order valence-corrected chi connectivity index (χ2v) is 7.10. The number of benzene rings is 1. The highest BCUT2D eigenvalue weighted by atomic mass is 19.1. The fraction of sp³-hybridized carbons (Fsp3) is 0.273. The van der Waals surface area contributed by atoms with E-state index >= 15 is 0 Å². The van der Waals surface area contributed by atoms with Crippen molar-refractivity contribution in [1.82, 2.24) is 4.90 Å². The molecule has 2 heterocycles. The molecule has 2 aliphatic rings. The minimum atomic E-state index is -0.715. The van der Waals surface area contributed by atoms with Gasteiger partial charge in [-0.3, -0.25) is 9.59 Å². The maximum Gasteiger partial charge on any atom is 0.295 e. The Morgan fingerprint density at radius 3 is 2.61 bits per heavy atom. The van der Waals surface area contributed by atoms with Gasteiger partial charge in [-0.15, -0.1) is 0 Å². The lowest BCUT2D eigenvalue weighted by molar-refractivity contribution is -0.140. The molecule has 144 valence electrons. The second kappa shape index (κ2) is 7.46. The topological polar surface area (TPSA) is 70.8 Å². The fourth-order valence-electron chi connectivity index (χ4n) is 4.01. The molecule has 1 fully saturated rings. The first-order valence-corrected chi connectivity index (χ1v) is 9.28. The number of hydrogen-bond donors (Lipinski definition) is 1. The van der Waals surface area contributed by atoms with E-state index in [4.69, 9.17) is 4.42 Å². The number of allylic oxidation sites excluding steroid dienone is 2. The summed E-state index contributed by atoms with van der Waals surface area (Å²) < 4.78 is 18.6. The van der Waals surface area contributed by atoms with Crippen LogP contribution in [0.2, 0.25) is 0 Å². The highest BCUT2D eigenvalue weighted by molar-refractivity contribution is 6.46. The lowest BCUT2D eigenvalue weighted by Gasteiger charge is -2.32. The number of rotatable bonds is 4. The van der Waals surface area contributed by atoms with Gasteiger partial charge in [-0.2, -0.15) is 0 Å². The van der Waals surface area contributed by atoms with Crippen molar-refractivity contribution in [2.45, 2.75) is 31.8 Å². The Morgan fingerprint density at radius 1 is 1.18 bits per heavy atom. The number of aliphatic hydroxyl groups is 1. The molecule has 0 bridgehead atoms. The van der Waals surface area contributed by atoms with Gasteiger partial charge in [-0.05, 0) is 61.6 Å². The Morgan fingerprint density at radius 2 is 1.96 bits per heavy atom. The summed E-state index contributed by atoms with van der Waals surface area (Å²) in [6, 6.07) is 8.16. The van der Waals surface area contributed by atoms with Crippen LogP contribution in [-0.2, 0) is 16.1 Å². The quantitative estimate of drug-likeness (QED) is 0.376. The van der Waals surface area contributed by atoms with Crippen LogP contribution in [-0.4, -0.2) is 27.7 Å². The first-order chi connectivity index (χ1) is 13.6. The van der Waals surface area contributed by atoms with E-state index in [0.29, 0.717) is 17.7 Å². The van der Waals surface area contributed by atoms with Gasteiger partial charge in [0.25, 0.3) is 11.7 Å². The van der Waals surface area contributed by atoms with Gasteiger partial charge in [0.1, 0.15) is 17.3 Å². The maximum atomic E-state index is 13.3. The van der Waals surface area contributed by atoms with E-state index in [1.807, 2.05) is 6.08 Å². The molecule has 2 aromatic rings. The highest BCUT2D eigenvalue weighted by Crippen LogP contribution is 2.38. The molecular formula is C22H20FNO4. The van der Waals surface area contributed by atoms with E-state index in [-0.39, 0.29) is 23.8 Å². The van der Waals surface area contributed by atoms with Crippen molar-refractivity contribution in [2.24, 2.45) is 5.92 Å². The van der Waals surface area contributed by atoms with Crippen molar-refractivity contribution in [2.75, 3.05) is 0 Å². The van der Waals surface area contributed by atoms with Crippen molar-refractivity contribution in [1.29, 1.82) is 0 Å². The van der Waals surface area contributed by atoms with Crippen LogP contribution in [0.4, 0.5) is 4.39 Å². The van der Waals surface area contributed by atoms with Gasteiger partial charge in [0, 0.05) is 5.56 Å². The summed E-state index contributed by atoms with van der Waals surface area (Å²) >= 11 is 0. The monoisotopic (exact) mass is 381 g/mol. The summed E-state index contributed by atoms with van der Waals surface area (Å²) in [5.41, 5.74) is 0.400. The summed E-state index contributed by atoms with van der Waals surface area (Å²) in [4.78, 5) is 27.1. The number of aliphatic hydroxyl groups excluding tert-OH is 1. The van der Waals surface area contributed by atoms with Crippen molar-refractivity contribution in [3.63, 3.8) is 0 Å². The number of amides is 1. The SMILES string of the molecule is O=C1C(=O)N(Cc2ccco2)C(C2CC=CCC2)/C1=C(\O)c1ccc(F)cc1. The third-order valence-electron chi connectivity index (χ3n) is 5.37. The molecule has 2 unspecified atom stereocenters. The smallest absolute Gasteiger partial charge is 0.295 e. The standard InChI is InChI=1S/C22H20FNO4/c23-16-10-8-15(9-11-16)20(25)18-19(14-5-2-1-3-6-14)24(22(27)21(18)26)13-17-7-4-12-28-17/h1-2,4,7-12,14,19,25H,3,5-6,13H2/b20-18+. The number of nitrogens with zero attached hydrogens (tertiary/aromatic N) is 1. The van der Waals surface area contributed by atoms with Gasteiger partial charge in [0.05, 0.1) is 24.4 Å². The van der Waals surface area contributed by atoms with Crippen molar-refractivity contribution >= 4 is 17.4 Å². The maximum absolute atomic E-state index is 13.3. The summed E-state index contributed by atoms with van der Waals surface area (Å²) in [5, 5.41) is 10.9. The minimum Gasteiger partial charge on any atom is -0.507 e. The summed E-state index contributed by atoms with van der Waals surface area (Å²) in [5.74, 6) is -1.50. The van der Waals surface area contributed by atoms with Crippen LogP contribution in [0.5, 0.6) is 0 Å². The van der Waals surface area contributed by atoms with E-state index in [9.17, 15) is 19.1 Å². The van der Waals surface area contributed by atoms with E-state index in [0.717, 1.165) is 12.8 Å². The lowest BCUT2D eigenvalue weighted by atomic mass is 9.83. The summed E-state index contributed by atoms with van der Waals surface area (Å²) in [7, 11) is 0. The van der Waals surface area contributed by atoms with Crippen molar-refractivity contribution in [3.8, 4) is 0 Å². The third-order valence-corrected chi connectivity index (χ3v) is 5.37. The van der Waals surface area contributed by atoms with Gasteiger partial charge in [-0.1, -0.05) is 12.2 Å². The van der Waals surface area contributed by atoms with Crippen LogP contribution in [0.3, 0.4) is 0 Å². The van der Waals surface area contributed by atoms with Crippen LogP contribution in [0, 0.1) is 11.7 Å². The van der Waals surface area contributed by atoms with E-state index in [1.54, 1.807) is 12.1 Å². The molecular weight excluding hydrogens is 361 g/mol. The first-order valence-electron chi connectivity index (χ1n) is 9.28. The zero-order valence-corrected chi connectivity index (χ0v) is 15.2. The summed E-state index contributed by atoms with van der Waals surface area (Å²) in [6.45, 7) is 0.155. The van der Waals surface area contributed by atoms with Crippen LogP contribution >= 0.6 is 0 Å². The van der Waals surface area contributed by atoms with E-state index in [1.165, 1.54) is 35.4 Å². The molecule has 1 aliphatic carbocycles. The molecule has 28 heavy (non-hydrogen) atoms. The van der Waals surface area contributed by atoms with Gasteiger partial charge >= 0.3 is 0 Å². The zero-order valence-electron chi connectivity index (χ0n) is 15.2. The van der Waals surface area contributed by atoms with Gasteiger partial charge in [0.15, 0.2) is 0 Å². The first kappa shape index (κ1) is 18.2. The van der Waals surface area contributed by atoms with Gasteiger partial charge in [-0.25, -0.2) is 4.39 Å². The number of ketones is 1. The number of carbonyl (C=O) groups is 2. The Balaban J connectivity index is 1.79. The van der Waals surface area contributed by atoms with Gasteiger partial charge < -0.3 is 14.4 Å². The molecule has 1 aromatic carbocycles. The van der Waals surface area contributed by atoms with E-state index < -0.39 is 23.5 Å². The van der Waals surface area contributed by atoms with Crippen LogP contribution < -0.4 is 0 Å². The van der Waals surface area contributed by atoms with Crippen molar-refractivity contribution in [3.05, 3.63) is 77.5 Å². The molecule has 0 radical (unpaired) electrons. The van der Waals surface area contributed by atoms with E-state index in [2.05, 4.69) is 6.08 Å². The molecule has 6 heteroatoms. The average molecular weight is 381 g/mol. The summed E-state index contributed by atoms with van der Waals surface area (Å²) in [6.07, 6.45) is 8.00. The third kappa shape index (κ3) is 3.26. The number of likely N-dealkylation sites (tertiary alicyclic amines) is 1. The lowest BCUT2D eigenvalue weighted by Crippen LogP contribution is -2.39. The van der Waals surface area contributed by atoms with Crippen LogP contribution in [0.1, 0.15) is 30.6 Å². The molecule has 1 aliphatic heterocycles. The molecule has 1 amide bonds. The molecule has 0 saturated carbocycles. The number of halogens is 1. The largest absolute Gasteiger partial charge is 0.507 e. The second-order valence-electron chi connectivity index (χ2n) is 7.10. The molecule has 0 spiro atoms. The Hall–Kier alpha value is -3.15. The molecule has 1 saturated heterocycles. The molecule has 2 atom stereocenters. The molecule has 1 aromatic heterocycles. The normalized spacial score (nSPS) is 24.1. The minimum absolute atomic E-state index is 0.00737. The Labute approximate surface area is 161 Å². The zero-order chi connectivity index (χ0) is 19.7. The molecule has 5 nitrogen and oxygen atoms in total. The highest BCUT2D eigenvalue weighted by Gasteiger charge is 2.48. The number of Topliss-reactive ketones (excluding diaryl/α,β-unsaturated/α-hetero) is 1. The molecule has 4 rings (SSSR count). The van der Waals surface area contributed by atoms with Gasteiger partial charge in [0.2, 0.25) is 0 Å². The predicted molar refractivity (Wildman–Crippen MR) is 100 cm³/mol. The number of furan rings is 1. The van der Waals surface area contributed by atoms with Crippen molar-refractivity contribution < 1.29 is 23.5 Å². The number of hydrogen-bond acceptors (Lipinski definition) is 4. The van der Waals surface area contributed by atoms with Crippen LogP contribution in [0.15, 0.2) is 64.8 Å². The number of carbonyl (C=O) groups excluding carboxylic acids is 2. The Bertz CT molecular complexity index is 943. The molecule has 1 N–H and O–H groups in total. The predicted octanol–water partition coefficient (Wildman–Crippen LogP) is 4.02.